The molecule has 2 aromatic carbocycles. The Morgan fingerprint density at radius 2 is 1.59 bits per heavy atom. The van der Waals surface area contributed by atoms with E-state index in [1.54, 1.807) is 42.2 Å². The number of sulfonamides is 1. The molecule has 0 saturated heterocycles. The fraction of sp³-hybridized carbons (Fsp3) is 0.462. The van der Waals surface area contributed by atoms with Gasteiger partial charge in [0, 0.05) is 32.6 Å². The molecular weight excluding hydrogens is 450 g/mol. The highest BCUT2D eigenvalue weighted by Crippen LogP contribution is 2.19. The van der Waals surface area contributed by atoms with Gasteiger partial charge in [-0.15, -0.1) is 0 Å². The summed E-state index contributed by atoms with van der Waals surface area (Å²) in [5.41, 5.74) is 0.945. The van der Waals surface area contributed by atoms with Crippen molar-refractivity contribution in [2.75, 3.05) is 13.6 Å². The van der Waals surface area contributed by atoms with E-state index in [1.165, 1.54) is 11.4 Å². The van der Waals surface area contributed by atoms with Crippen LogP contribution in [0.3, 0.4) is 0 Å². The van der Waals surface area contributed by atoms with E-state index < -0.39 is 16.1 Å². The van der Waals surface area contributed by atoms with Crippen LogP contribution in [0, 0.1) is 0 Å². The first-order chi connectivity index (χ1) is 16.3. The molecule has 1 saturated carbocycles. The predicted molar refractivity (Wildman–Crippen MR) is 132 cm³/mol. The topological polar surface area (TPSA) is 86.8 Å². The van der Waals surface area contributed by atoms with Gasteiger partial charge in [0.15, 0.2) is 0 Å². The van der Waals surface area contributed by atoms with E-state index in [0.29, 0.717) is 13.0 Å². The van der Waals surface area contributed by atoms with E-state index in [1.807, 2.05) is 30.3 Å². The van der Waals surface area contributed by atoms with Crippen LogP contribution in [-0.2, 0) is 26.2 Å². The lowest BCUT2D eigenvalue weighted by atomic mass is 10.1. The summed E-state index contributed by atoms with van der Waals surface area (Å²) >= 11 is 0. The molecule has 1 fully saturated rings. The van der Waals surface area contributed by atoms with Gasteiger partial charge in [0.25, 0.3) is 0 Å². The standard InChI is InChI=1S/C26H35N3O4S/c1-21(26(31)27-23-14-9-10-15-23)29(20-22-12-5-3-6-13-22)25(30)18-11-19-28(2)34(32,33)24-16-7-4-8-17-24/h3-8,12-13,16-17,21,23H,9-11,14-15,18-20H2,1-2H3,(H,27,31). The first-order valence-electron chi connectivity index (χ1n) is 11.9. The third-order valence-corrected chi connectivity index (χ3v) is 8.25. The number of amides is 2. The van der Waals surface area contributed by atoms with Gasteiger partial charge in [0.1, 0.15) is 6.04 Å². The first-order valence-corrected chi connectivity index (χ1v) is 13.4. The Kier molecular flexibility index (Phi) is 9.24. The molecule has 0 radical (unpaired) electrons. The second-order valence-corrected chi connectivity index (χ2v) is 11.0. The summed E-state index contributed by atoms with van der Waals surface area (Å²) < 4.78 is 26.7. The molecular formula is C26H35N3O4S. The Hall–Kier alpha value is -2.71. The highest BCUT2D eigenvalue weighted by atomic mass is 32.2. The third-order valence-electron chi connectivity index (χ3n) is 6.38. The molecule has 184 valence electrons. The van der Waals surface area contributed by atoms with E-state index in [9.17, 15) is 18.0 Å². The van der Waals surface area contributed by atoms with E-state index in [0.717, 1.165) is 31.2 Å². The summed E-state index contributed by atoms with van der Waals surface area (Å²) in [7, 11) is -2.08. The molecule has 1 atom stereocenters. The molecule has 0 spiro atoms. The van der Waals surface area contributed by atoms with Crippen molar-refractivity contribution in [2.45, 2.75) is 69.0 Å². The molecule has 1 N–H and O–H groups in total. The summed E-state index contributed by atoms with van der Waals surface area (Å²) in [5.74, 6) is -0.302. The fourth-order valence-corrected chi connectivity index (χ4v) is 5.47. The zero-order valence-corrected chi connectivity index (χ0v) is 20.8. The van der Waals surface area contributed by atoms with Crippen molar-refractivity contribution in [1.29, 1.82) is 0 Å². The average Bonchev–Trinajstić information content (AvgIpc) is 3.36. The van der Waals surface area contributed by atoms with Gasteiger partial charge in [-0.2, -0.15) is 0 Å². The minimum atomic E-state index is -3.60. The van der Waals surface area contributed by atoms with Crippen molar-refractivity contribution in [1.82, 2.24) is 14.5 Å². The molecule has 1 unspecified atom stereocenters. The normalized spacial score (nSPS) is 15.3. The van der Waals surface area contributed by atoms with Gasteiger partial charge in [0.2, 0.25) is 21.8 Å². The van der Waals surface area contributed by atoms with Crippen molar-refractivity contribution < 1.29 is 18.0 Å². The maximum atomic E-state index is 13.2. The Morgan fingerprint density at radius 1 is 1.00 bits per heavy atom. The number of nitrogens with one attached hydrogen (secondary N) is 1. The summed E-state index contributed by atoms with van der Waals surface area (Å²) in [6.07, 6.45) is 4.71. The summed E-state index contributed by atoms with van der Waals surface area (Å²) in [4.78, 5) is 28.0. The van der Waals surface area contributed by atoms with Crippen molar-refractivity contribution in [3.05, 3.63) is 66.2 Å². The quantitative estimate of drug-likeness (QED) is 0.527. The molecule has 34 heavy (non-hydrogen) atoms. The van der Waals surface area contributed by atoms with Crippen LogP contribution < -0.4 is 5.32 Å². The number of hydrogen-bond donors (Lipinski definition) is 1. The van der Waals surface area contributed by atoms with Crippen LogP contribution in [0.4, 0.5) is 0 Å². The maximum Gasteiger partial charge on any atom is 0.242 e. The van der Waals surface area contributed by atoms with Gasteiger partial charge in [-0.1, -0.05) is 61.4 Å². The first kappa shape index (κ1) is 25.9. The lowest BCUT2D eigenvalue weighted by molar-refractivity contribution is -0.141. The minimum Gasteiger partial charge on any atom is -0.352 e. The molecule has 0 aliphatic heterocycles. The molecule has 1 aliphatic carbocycles. The van der Waals surface area contributed by atoms with Crippen molar-refractivity contribution in [2.24, 2.45) is 0 Å². The molecule has 8 heteroatoms. The molecule has 2 amide bonds. The van der Waals surface area contributed by atoms with E-state index in [-0.39, 0.29) is 35.7 Å². The highest BCUT2D eigenvalue weighted by molar-refractivity contribution is 7.89. The van der Waals surface area contributed by atoms with Gasteiger partial charge in [-0.05, 0) is 43.9 Å². The Labute approximate surface area is 203 Å². The van der Waals surface area contributed by atoms with Gasteiger partial charge >= 0.3 is 0 Å². The van der Waals surface area contributed by atoms with E-state index in [2.05, 4.69) is 5.32 Å². The smallest absolute Gasteiger partial charge is 0.242 e. The van der Waals surface area contributed by atoms with Crippen molar-refractivity contribution in [3.8, 4) is 0 Å². The largest absolute Gasteiger partial charge is 0.352 e. The number of carbonyl (C=O) groups excluding carboxylic acids is 2. The van der Waals surface area contributed by atoms with Gasteiger partial charge in [0.05, 0.1) is 4.90 Å². The number of carbonyl (C=O) groups is 2. The summed E-state index contributed by atoms with van der Waals surface area (Å²) in [6, 6.07) is 17.4. The Bertz CT molecular complexity index is 1040. The highest BCUT2D eigenvalue weighted by Gasteiger charge is 2.28. The van der Waals surface area contributed by atoms with Crippen LogP contribution >= 0.6 is 0 Å². The van der Waals surface area contributed by atoms with E-state index >= 15 is 0 Å². The van der Waals surface area contributed by atoms with Crippen LogP contribution in [0.15, 0.2) is 65.6 Å². The monoisotopic (exact) mass is 485 g/mol. The molecule has 0 bridgehead atoms. The lowest BCUT2D eigenvalue weighted by Crippen LogP contribution is -2.49. The second-order valence-electron chi connectivity index (χ2n) is 8.92. The molecule has 7 nitrogen and oxygen atoms in total. The van der Waals surface area contributed by atoms with Crippen LogP contribution in [0.5, 0.6) is 0 Å². The van der Waals surface area contributed by atoms with Crippen molar-refractivity contribution >= 4 is 21.8 Å². The number of hydrogen-bond acceptors (Lipinski definition) is 4. The SMILES string of the molecule is CC(C(=O)NC1CCCC1)N(Cc1ccccc1)C(=O)CCCN(C)S(=O)(=O)c1ccccc1. The number of rotatable bonds is 11. The molecule has 3 rings (SSSR count). The average molecular weight is 486 g/mol. The zero-order chi connectivity index (χ0) is 24.6. The second kappa shape index (κ2) is 12.1. The Morgan fingerprint density at radius 3 is 2.21 bits per heavy atom. The predicted octanol–water partition coefficient (Wildman–Crippen LogP) is 3.56. The van der Waals surface area contributed by atoms with Crippen molar-refractivity contribution in [3.63, 3.8) is 0 Å². The van der Waals surface area contributed by atoms with Gasteiger partial charge < -0.3 is 10.2 Å². The molecule has 0 aromatic heterocycles. The maximum absolute atomic E-state index is 13.2. The third kappa shape index (κ3) is 6.90. The number of benzene rings is 2. The minimum absolute atomic E-state index is 0.139. The van der Waals surface area contributed by atoms with Gasteiger partial charge in [-0.25, -0.2) is 12.7 Å². The van der Waals surface area contributed by atoms with Crippen LogP contribution in [0.1, 0.15) is 51.0 Å². The molecule has 1 aliphatic rings. The van der Waals surface area contributed by atoms with Crippen LogP contribution in [-0.4, -0.2) is 55.1 Å². The number of nitrogens with zero attached hydrogens (tertiary/aromatic N) is 2. The zero-order valence-electron chi connectivity index (χ0n) is 20.0. The lowest BCUT2D eigenvalue weighted by Gasteiger charge is -2.30. The van der Waals surface area contributed by atoms with Crippen LogP contribution in [0.2, 0.25) is 0 Å². The van der Waals surface area contributed by atoms with E-state index in [4.69, 9.17) is 0 Å². The van der Waals surface area contributed by atoms with Gasteiger partial charge in [-0.3, -0.25) is 9.59 Å². The molecule has 2 aromatic rings. The summed E-state index contributed by atoms with van der Waals surface area (Å²) in [5, 5.41) is 3.09. The van der Waals surface area contributed by atoms with Crippen LogP contribution in [0.25, 0.3) is 0 Å². The Balaban J connectivity index is 1.62. The molecule has 0 heterocycles. The fourth-order valence-electron chi connectivity index (χ4n) is 4.24. The summed E-state index contributed by atoms with van der Waals surface area (Å²) in [6.45, 7) is 2.30.